The van der Waals surface area contributed by atoms with E-state index in [1.807, 2.05) is 6.07 Å². The highest BCUT2D eigenvalue weighted by Gasteiger charge is 2.34. The second kappa shape index (κ2) is 9.43. The maximum absolute atomic E-state index is 9.97. The van der Waals surface area contributed by atoms with Crippen molar-refractivity contribution >= 4 is 11.5 Å². The van der Waals surface area contributed by atoms with Gasteiger partial charge in [0, 0.05) is 29.9 Å². The van der Waals surface area contributed by atoms with Gasteiger partial charge in [0.05, 0.1) is 17.3 Å². The minimum Gasteiger partial charge on any atom is -0.401 e. The molecule has 1 fully saturated rings. The first-order chi connectivity index (χ1) is 15.9. The number of hydrogen-bond acceptors (Lipinski definition) is 6. The average molecular weight is 445 g/mol. The number of nitrogen functional groups attached to an aromatic ring is 1. The van der Waals surface area contributed by atoms with Gasteiger partial charge in [-0.3, -0.25) is 0 Å². The summed E-state index contributed by atoms with van der Waals surface area (Å²) in [7, 11) is 0. The number of hydrogen-bond donors (Lipinski definition) is 2. The molecule has 1 saturated heterocycles. The molecule has 1 aromatic carbocycles. The lowest BCUT2D eigenvalue weighted by Gasteiger charge is -2.33. The first-order valence-corrected chi connectivity index (χ1v) is 12.3. The fourth-order valence-electron chi connectivity index (χ4n) is 5.56. The number of anilines is 2. The van der Waals surface area contributed by atoms with E-state index < -0.39 is 0 Å². The summed E-state index contributed by atoms with van der Waals surface area (Å²) in [5.41, 5.74) is 19.1. The van der Waals surface area contributed by atoms with Gasteiger partial charge in [-0.05, 0) is 67.6 Å². The van der Waals surface area contributed by atoms with Crippen LogP contribution in [0.5, 0.6) is 0 Å². The molecule has 3 unspecified atom stereocenters. The van der Waals surface area contributed by atoms with Crippen LogP contribution in [0.4, 0.5) is 11.5 Å². The SMILES string of the molecule is C=C(N)C1CCCN1c1nc(CC)nc2c1CCC(c1c(C(C)CC)ccc(N)c1C#N)C2. The Labute approximate surface area is 197 Å². The van der Waals surface area contributed by atoms with Crippen molar-refractivity contribution in [2.24, 2.45) is 5.73 Å². The summed E-state index contributed by atoms with van der Waals surface area (Å²) in [5, 5.41) is 9.97. The van der Waals surface area contributed by atoms with Crippen molar-refractivity contribution in [3.8, 4) is 6.07 Å². The molecule has 0 radical (unpaired) electrons. The Morgan fingerprint density at radius 3 is 2.76 bits per heavy atom. The van der Waals surface area contributed by atoms with Gasteiger partial charge in [-0.25, -0.2) is 9.97 Å². The van der Waals surface area contributed by atoms with E-state index in [1.165, 1.54) is 11.1 Å². The van der Waals surface area contributed by atoms with Crippen molar-refractivity contribution < 1.29 is 0 Å². The molecule has 2 heterocycles. The van der Waals surface area contributed by atoms with Crippen molar-refractivity contribution in [2.75, 3.05) is 17.2 Å². The second-order valence-corrected chi connectivity index (χ2v) is 9.56. The summed E-state index contributed by atoms with van der Waals surface area (Å²) < 4.78 is 0. The van der Waals surface area contributed by atoms with Crippen LogP contribution in [0.2, 0.25) is 0 Å². The number of benzene rings is 1. The number of fused-ring (bicyclic) bond motifs is 1. The first-order valence-electron chi connectivity index (χ1n) is 12.3. The summed E-state index contributed by atoms with van der Waals surface area (Å²) >= 11 is 0. The van der Waals surface area contributed by atoms with Crippen LogP contribution in [0.15, 0.2) is 24.4 Å². The van der Waals surface area contributed by atoms with Gasteiger partial charge >= 0.3 is 0 Å². The quantitative estimate of drug-likeness (QED) is 0.625. The predicted molar refractivity (Wildman–Crippen MR) is 134 cm³/mol. The molecular weight excluding hydrogens is 408 g/mol. The zero-order valence-corrected chi connectivity index (χ0v) is 20.2. The zero-order valence-electron chi connectivity index (χ0n) is 20.2. The Balaban J connectivity index is 1.79. The normalized spacial score (nSPS) is 20.8. The predicted octanol–water partition coefficient (Wildman–Crippen LogP) is 4.72. The fourth-order valence-corrected chi connectivity index (χ4v) is 5.56. The van der Waals surface area contributed by atoms with Crippen LogP contribution in [0.25, 0.3) is 0 Å². The van der Waals surface area contributed by atoms with Gasteiger partial charge in [-0.1, -0.05) is 33.4 Å². The molecule has 6 nitrogen and oxygen atoms in total. The van der Waals surface area contributed by atoms with Gasteiger partial charge in [0.2, 0.25) is 0 Å². The third-order valence-corrected chi connectivity index (χ3v) is 7.54. The van der Waals surface area contributed by atoms with Gasteiger partial charge in [0.1, 0.15) is 17.7 Å². The average Bonchev–Trinajstić information content (AvgIpc) is 3.32. The Morgan fingerprint density at radius 2 is 2.09 bits per heavy atom. The van der Waals surface area contributed by atoms with Gasteiger partial charge in [0.25, 0.3) is 0 Å². The molecule has 174 valence electrons. The van der Waals surface area contributed by atoms with Crippen LogP contribution < -0.4 is 16.4 Å². The highest BCUT2D eigenvalue weighted by atomic mass is 15.2. The van der Waals surface area contributed by atoms with Crippen LogP contribution in [-0.2, 0) is 19.3 Å². The second-order valence-electron chi connectivity index (χ2n) is 9.56. The number of nitrogens with zero attached hydrogens (tertiary/aromatic N) is 4. The van der Waals surface area contributed by atoms with E-state index in [1.54, 1.807) is 0 Å². The van der Waals surface area contributed by atoms with E-state index >= 15 is 0 Å². The molecule has 1 aliphatic heterocycles. The Morgan fingerprint density at radius 1 is 1.30 bits per heavy atom. The number of aryl methyl sites for hydroxylation is 1. The van der Waals surface area contributed by atoms with Crippen LogP contribution in [0.1, 0.15) is 92.1 Å². The van der Waals surface area contributed by atoms with Gasteiger partial charge < -0.3 is 16.4 Å². The Hall–Kier alpha value is -3.07. The van der Waals surface area contributed by atoms with E-state index in [-0.39, 0.29) is 12.0 Å². The molecule has 0 spiro atoms. The van der Waals surface area contributed by atoms with Gasteiger partial charge in [0.15, 0.2) is 0 Å². The highest BCUT2D eigenvalue weighted by Crippen LogP contribution is 2.42. The number of aromatic nitrogens is 2. The van der Waals surface area contributed by atoms with Crippen LogP contribution in [0.3, 0.4) is 0 Å². The minimum absolute atomic E-state index is 0.141. The van der Waals surface area contributed by atoms with E-state index in [2.05, 4.69) is 44.4 Å². The third kappa shape index (κ3) is 4.17. The summed E-state index contributed by atoms with van der Waals surface area (Å²) in [4.78, 5) is 12.3. The maximum atomic E-state index is 9.97. The number of rotatable bonds is 6. The Kier molecular flexibility index (Phi) is 6.60. The molecule has 0 amide bonds. The summed E-state index contributed by atoms with van der Waals surface area (Å²) in [5.74, 6) is 2.51. The lowest BCUT2D eigenvalue weighted by Crippen LogP contribution is -2.36. The molecule has 1 aliphatic carbocycles. The van der Waals surface area contributed by atoms with E-state index in [0.717, 1.165) is 74.4 Å². The first kappa shape index (κ1) is 23.1. The molecule has 2 aromatic rings. The van der Waals surface area contributed by atoms with E-state index in [4.69, 9.17) is 21.4 Å². The lowest BCUT2D eigenvalue weighted by atomic mass is 9.76. The van der Waals surface area contributed by atoms with Gasteiger partial charge in [-0.15, -0.1) is 0 Å². The van der Waals surface area contributed by atoms with Gasteiger partial charge in [-0.2, -0.15) is 5.26 Å². The molecular formula is C27H36N6. The number of nitriles is 1. The molecule has 0 saturated carbocycles. The van der Waals surface area contributed by atoms with Crippen LogP contribution in [-0.4, -0.2) is 22.6 Å². The van der Waals surface area contributed by atoms with E-state index in [0.29, 0.717) is 22.9 Å². The molecule has 1 aromatic heterocycles. The molecule has 4 rings (SSSR count). The summed E-state index contributed by atoms with van der Waals surface area (Å²) in [6, 6.07) is 6.57. The molecule has 33 heavy (non-hydrogen) atoms. The topological polar surface area (TPSA) is 105 Å². The molecule has 6 heteroatoms. The number of nitrogens with two attached hydrogens (primary N) is 2. The van der Waals surface area contributed by atoms with Crippen molar-refractivity contribution in [3.63, 3.8) is 0 Å². The maximum Gasteiger partial charge on any atom is 0.136 e. The monoisotopic (exact) mass is 444 g/mol. The molecule has 3 atom stereocenters. The molecule has 0 bridgehead atoms. The van der Waals surface area contributed by atoms with Crippen LogP contribution >= 0.6 is 0 Å². The summed E-state index contributed by atoms with van der Waals surface area (Å²) in [6.07, 6.45) is 6.57. The van der Waals surface area contributed by atoms with E-state index in [9.17, 15) is 5.26 Å². The molecule has 4 N–H and O–H groups in total. The zero-order chi connectivity index (χ0) is 23.7. The van der Waals surface area contributed by atoms with Crippen molar-refractivity contribution in [3.05, 3.63) is 58.2 Å². The minimum atomic E-state index is 0.141. The standard InChI is InChI=1S/C27H36N6/c1-5-16(3)19-11-12-22(30)21(15-28)26(19)18-9-10-20-23(14-18)31-25(6-2)32-27(20)33-13-7-8-24(33)17(4)29/h11-12,16,18,24H,4-10,13-14,29-30H2,1-3H3. The Bertz CT molecular complexity index is 1100. The summed E-state index contributed by atoms with van der Waals surface area (Å²) in [6.45, 7) is 11.5. The lowest BCUT2D eigenvalue weighted by molar-refractivity contribution is 0.552. The highest BCUT2D eigenvalue weighted by molar-refractivity contribution is 5.63. The fraction of sp³-hybridized carbons (Fsp3) is 0.519. The van der Waals surface area contributed by atoms with Crippen molar-refractivity contribution in [2.45, 2.75) is 83.6 Å². The van der Waals surface area contributed by atoms with Crippen LogP contribution in [0, 0.1) is 11.3 Å². The largest absolute Gasteiger partial charge is 0.401 e. The smallest absolute Gasteiger partial charge is 0.136 e. The third-order valence-electron chi connectivity index (χ3n) is 7.54. The van der Waals surface area contributed by atoms with Crippen molar-refractivity contribution in [1.29, 1.82) is 5.26 Å². The van der Waals surface area contributed by atoms with Crippen molar-refractivity contribution in [1.82, 2.24) is 9.97 Å². The molecule has 2 aliphatic rings.